The van der Waals surface area contributed by atoms with Crippen molar-refractivity contribution in [3.05, 3.63) is 56.6 Å². The predicted octanol–water partition coefficient (Wildman–Crippen LogP) is 4.17. The first-order valence-corrected chi connectivity index (χ1v) is 8.38. The minimum absolute atomic E-state index is 0.0487. The van der Waals surface area contributed by atoms with Crippen LogP contribution in [0.2, 0.25) is 5.02 Å². The Morgan fingerprint density at radius 3 is 2.41 bits per heavy atom. The number of carbonyl (C=O) groups excluding carboxylic acids is 1. The molecule has 0 fully saturated rings. The molecule has 140 valence electrons. The van der Waals surface area contributed by atoms with E-state index in [1.54, 1.807) is 13.8 Å². The number of halogens is 1. The zero-order valence-corrected chi connectivity index (χ0v) is 15.4. The fourth-order valence-electron chi connectivity index (χ4n) is 2.28. The molecule has 0 heterocycles. The lowest BCUT2D eigenvalue weighted by molar-refractivity contribution is -0.384. The molecule has 2 aromatic carbocycles. The molecule has 0 unspecified atom stereocenters. The van der Waals surface area contributed by atoms with Gasteiger partial charge in [-0.15, -0.1) is 0 Å². The predicted molar refractivity (Wildman–Crippen MR) is 99.6 cm³/mol. The van der Waals surface area contributed by atoms with Crippen molar-refractivity contribution >= 4 is 28.9 Å². The van der Waals surface area contributed by atoms with Crippen molar-refractivity contribution in [1.82, 2.24) is 0 Å². The minimum atomic E-state index is -0.688. The van der Waals surface area contributed by atoms with Crippen molar-refractivity contribution in [2.75, 3.05) is 18.5 Å². The highest BCUT2D eigenvalue weighted by atomic mass is 35.5. The van der Waals surface area contributed by atoms with Crippen molar-refractivity contribution < 1.29 is 19.2 Å². The standard InChI is InChI=1S/C18H16ClN3O5/c1-3-26-16-7-11(10-20)15(9-17(16)27-4-2)21-18(23)13-8-12(22(24)25)5-6-14(13)19/h5-9H,3-4H2,1-2H3,(H,21,23). The number of amides is 1. The van der Waals surface area contributed by atoms with Gasteiger partial charge in [0.15, 0.2) is 11.5 Å². The lowest BCUT2D eigenvalue weighted by Crippen LogP contribution is -2.14. The molecule has 0 bridgehead atoms. The van der Waals surface area contributed by atoms with Crippen molar-refractivity contribution in [3.8, 4) is 17.6 Å². The van der Waals surface area contributed by atoms with E-state index in [1.165, 1.54) is 24.3 Å². The highest BCUT2D eigenvalue weighted by Crippen LogP contribution is 2.34. The molecule has 0 saturated carbocycles. The molecule has 9 heteroatoms. The maximum absolute atomic E-state index is 12.6. The second-order valence-electron chi connectivity index (χ2n) is 5.20. The van der Waals surface area contributed by atoms with E-state index in [-0.39, 0.29) is 27.5 Å². The number of benzene rings is 2. The van der Waals surface area contributed by atoms with Gasteiger partial charge >= 0.3 is 0 Å². The third-order valence-corrected chi connectivity index (χ3v) is 3.79. The highest BCUT2D eigenvalue weighted by Gasteiger charge is 2.19. The second kappa shape index (κ2) is 8.87. The zero-order chi connectivity index (χ0) is 20.0. The summed E-state index contributed by atoms with van der Waals surface area (Å²) in [5, 5.41) is 22.9. The van der Waals surface area contributed by atoms with Crippen LogP contribution in [0.1, 0.15) is 29.8 Å². The van der Waals surface area contributed by atoms with E-state index >= 15 is 0 Å². The molecule has 1 amide bonds. The molecule has 2 rings (SSSR count). The number of nitrogens with one attached hydrogen (secondary N) is 1. The van der Waals surface area contributed by atoms with Crippen LogP contribution in [0.15, 0.2) is 30.3 Å². The highest BCUT2D eigenvalue weighted by molar-refractivity contribution is 6.34. The number of nitro benzene ring substituents is 1. The van der Waals surface area contributed by atoms with Crippen molar-refractivity contribution in [2.24, 2.45) is 0 Å². The van der Waals surface area contributed by atoms with Crippen LogP contribution in [0.3, 0.4) is 0 Å². The van der Waals surface area contributed by atoms with Gasteiger partial charge in [0.2, 0.25) is 0 Å². The number of hydrogen-bond acceptors (Lipinski definition) is 6. The quantitative estimate of drug-likeness (QED) is 0.561. The molecule has 8 nitrogen and oxygen atoms in total. The summed E-state index contributed by atoms with van der Waals surface area (Å²) in [6.45, 7) is 4.31. The van der Waals surface area contributed by atoms with E-state index in [4.69, 9.17) is 21.1 Å². The van der Waals surface area contributed by atoms with Gasteiger partial charge < -0.3 is 14.8 Å². The summed E-state index contributed by atoms with van der Waals surface area (Å²) in [4.78, 5) is 22.8. The first-order valence-electron chi connectivity index (χ1n) is 8.00. The van der Waals surface area contributed by atoms with Crippen LogP contribution in [-0.2, 0) is 0 Å². The van der Waals surface area contributed by atoms with Gasteiger partial charge in [0.25, 0.3) is 11.6 Å². The number of carbonyl (C=O) groups is 1. The fourth-order valence-corrected chi connectivity index (χ4v) is 2.49. The van der Waals surface area contributed by atoms with E-state index < -0.39 is 10.8 Å². The van der Waals surface area contributed by atoms with E-state index in [2.05, 4.69) is 5.32 Å². The molecule has 27 heavy (non-hydrogen) atoms. The molecule has 0 aliphatic heterocycles. The van der Waals surface area contributed by atoms with Gasteiger partial charge in [0.1, 0.15) is 6.07 Å². The molecule has 0 aliphatic rings. The lowest BCUT2D eigenvalue weighted by atomic mass is 10.1. The lowest BCUT2D eigenvalue weighted by Gasteiger charge is -2.15. The van der Waals surface area contributed by atoms with Gasteiger partial charge in [0, 0.05) is 24.3 Å². The van der Waals surface area contributed by atoms with Gasteiger partial charge in [-0.05, 0) is 19.9 Å². The molecule has 0 saturated heterocycles. The number of nitriles is 1. The van der Waals surface area contributed by atoms with E-state index in [0.717, 1.165) is 6.07 Å². The number of nitro groups is 1. The van der Waals surface area contributed by atoms with Gasteiger partial charge in [-0.25, -0.2) is 0 Å². The number of anilines is 1. The first-order chi connectivity index (χ1) is 12.9. The summed E-state index contributed by atoms with van der Waals surface area (Å²) < 4.78 is 10.9. The largest absolute Gasteiger partial charge is 0.490 e. The Labute approximate surface area is 160 Å². The summed E-state index contributed by atoms with van der Waals surface area (Å²) in [6.07, 6.45) is 0. The number of non-ortho nitro benzene ring substituents is 1. The Morgan fingerprint density at radius 2 is 1.85 bits per heavy atom. The molecule has 2 aromatic rings. The summed E-state index contributed by atoms with van der Waals surface area (Å²) in [5.74, 6) is 0.0490. The van der Waals surface area contributed by atoms with Crippen LogP contribution in [0.25, 0.3) is 0 Å². The first kappa shape index (κ1) is 20.0. The van der Waals surface area contributed by atoms with Crippen LogP contribution in [0, 0.1) is 21.4 Å². The Balaban J connectivity index is 2.43. The number of ether oxygens (including phenoxy) is 2. The van der Waals surface area contributed by atoms with Crippen LogP contribution < -0.4 is 14.8 Å². The van der Waals surface area contributed by atoms with Crippen LogP contribution >= 0.6 is 11.6 Å². The smallest absolute Gasteiger partial charge is 0.270 e. The maximum Gasteiger partial charge on any atom is 0.270 e. The normalized spacial score (nSPS) is 10.0. The second-order valence-corrected chi connectivity index (χ2v) is 5.60. The average Bonchev–Trinajstić information content (AvgIpc) is 2.64. The summed E-state index contributed by atoms with van der Waals surface area (Å²) in [5.41, 5.74) is -0.0258. The van der Waals surface area contributed by atoms with Crippen LogP contribution in [-0.4, -0.2) is 24.0 Å². The van der Waals surface area contributed by atoms with Crippen molar-refractivity contribution in [2.45, 2.75) is 13.8 Å². The Hall–Kier alpha value is -3.31. The van der Waals surface area contributed by atoms with Gasteiger partial charge in [-0.3, -0.25) is 14.9 Å². The Morgan fingerprint density at radius 1 is 1.22 bits per heavy atom. The molecule has 0 atom stereocenters. The number of hydrogen-bond donors (Lipinski definition) is 1. The monoisotopic (exact) mass is 389 g/mol. The SMILES string of the molecule is CCOc1cc(C#N)c(NC(=O)c2cc([N+](=O)[O-])ccc2Cl)cc1OCC. The Bertz CT molecular complexity index is 924. The Kier molecular flexibility index (Phi) is 6.57. The van der Waals surface area contributed by atoms with Crippen molar-refractivity contribution in [1.29, 1.82) is 5.26 Å². The van der Waals surface area contributed by atoms with E-state index in [0.29, 0.717) is 24.7 Å². The third-order valence-electron chi connectivity index (χ3n) is 3.46. The molecule has 0 radical (unpaired) electrons. The van der Waals surface area contributed by atoms with Crippen LogP contribution in [0.5, 0.6) is 11.5 Å². The molecular formula is C18H16ClN3O5. The van der Waals surface area contributed by atoms with E-state index in [9.17, 15) is 20.2 Å². The molecule has 1 N–H and O–H groups in total. The van der Waals surface area contributed by atoms with Gasteiger partial charge in [0.05, 0.1) is 40.0 Å². The molecule has 0 aromatic heterocycles. The summed E-state index contributed by atoms with van der Waals surface area (Å²) >= 11 is 5.99. The number of rotatable bonds is 7. The summed E-state index contributed by atoms with van der Waals surface area (Å²) in [6, 6.07) is 8.44. The maximum atomic E-state index is 12.6. The minimum Gasteiger partial charge on any atom is -0.490 e. The topological polar surface area (TPSA) is 114 Å². The summed E-state index contributed by atoms with van der Waals surface area (Å²) in [7, 11) is 0. The zero-order valence-electron chi connectivity index (χ0n) is 14.6. The van der Waals surface area contributed by atoms with Crippen LogP contribution in [0.4, 0.5) is 11.4 Å². The molecular weight excluding hydrogens is 374 g/mol. The van der Waals surface area contributed by atoms with E-state index in [1.807, 2.05) is 6.07 Å². The third kappa shape index (κ3) is 4.65. The average molecular weight is 390 g/mol. The molecule has 0 spiro atoms. The van der Waals surface area contributed by atoms with Gasteiger partial charge in [-0.2, -0.15) is 5.26 Å². The van der Waals surface area contributed by atoms with Crippen molar-refractivity contribution in [3.63, 3.8) is 0 Å². The number of nitrogens with zero attached hydrogens (tertiary/aromatic N) is 2. The van der Waals surface area contributed by atoms with Gasteiger partial charge in [-0.1, -0.05) is 11.6 Å². The fraction of sp³-hybridized carbons (Fsp3) is 0.222. The molecule has 0 aliphatic carbocycles.